The van der Waals surface area contributed by atoms with Crippen molar-refractivity contribution in [2.75, 3.05) is 12.4 Å². The molecule has 3 heterocycles. The van der Waals surface area contributed by atoms with E-state index in [-0.39, 0.29) is 18.1 Å². The number of hydrogen-bond donors (Lipinski definition) is 1. The van der Waals surface area contributed by atoms with E-state index in [1.807, 2.05) is 0 Å². The fraction of sp³-hybridized carbons (Fsp3) is 0.190. The van der Waals surface area contributed by atoms with Gasteiger partial charge >= 0.3 is 0 Å². The number of pyridine rings is 2. The van der Waals surface area contributed by atoms with Crippen molar-refractivity contribution >= 4 is 11.5 Å². The van der Waals surface area contributed by atoms with Crippen LogP contribution in [-0.4, -0.2) is 26.7 Å². The summed E-state index contributed by atoms with van der Waals surface area (Å²) in [4.78, 5) is 3.78. The Morgan fingerprint density at radius 3 is 2.77 bits per heavy atom. The summed E-state index contributed by atoms with van der Waals surface area (Å²) in [7, 11) is 1.48. The maximum Gasteiger partial charge on any atom is 0.280 e. The number of hydrogen-bond acceptors (Lipinski definition) is 5. The minimum absolute atomic E-state index is 0.173. The molecule has 0 saturated carbocycles. The van der Waals surface area contributed by atoms with E-state index >= 15 is 0 Å². The summed E-state index contributed by atoms with van der Waals surface area (Å²) >= 11 is 0. The van der Waals surface area contributed by atoms with Crippen LogP contribution in [0, 0.1) is 12.7 Å². The summed E-state index contributed by atoms with van der Waals surface area (Å²) in [6.45, 7) is 1.97. The van der Waals surface area contributed by atoms with E-state index in [2.05, 4.69) is 20.5 Å². The van der Waals surface area contributed by atoms with E-state index in [1.54, 1.807) is 35.6 Å². The third-order valence-electron chi connectivity index (χ3n) is 4.84. The number of benzene rings is 1. The maximum atomic E-state index is 14.2. The number of fused-ring (bicyclic) bond motifs is 1. The lowest BCUT2D eigenvalue weighted by atomic mass is 10.0. The number of anilines is 1. The molecule has 1 aromatic carbocycles. The molecule has 4 rings (SSSR count). The van der Waals surface area contributed by atoms with Crippen molar-refractivity contribution in [3.63, 3.8) is 0 Å². The van der Waals surface area contributed by atoms with Crippen molar-refractivity contribution in [2.45, 2.75) is 19.9 Å². The second-order valence-electron chi connectivity index (χ2n) is 6.66. The lowest BCUT2D eigenvalue weighted by Crippen LogP contribution is -2.07. The topological polar surface area (TPSA) is 64.3 Å². The summed E-state index contributed by atoms with van der Waals surface area (Å²) < 4.78 is 47.4. The van der Waals surface area contributed by atoms with Gasteiger partial charge in [0.15, 0.2) is 5.65 Å². The number of aromatic nitrogens is 4. The first-order valence-corrected chi connectivity index (χ1v) is 9.12. The van der Waals surface area contributed by atoms with Gasteiger partial charge in [0, 0.05) is 23.9 Å². The van der Waals surface area contributed by atoms with Gasteiger partial charge in [0.25, 0.3) is 6.43 Å². The molecular weight excluding hydrogens is 395 g/mol. The molecule has 6 nitrogen and oxygen atoms in total. The second kappa shape index (κ2) is 8.02. The SMILES string of the molecule is COc1cccc(F)c1CNc1ccc(-c2cc(C(F)F)ncc2C)c2nncn12. The van der Waals surface area contributed by atoms with Gasteiger partial charge in [-0.2, -0.15) is 0 Å². The van der Waals surface area contributed by atoms with Crippen molar-refractivity contribution < 1.29 is 17.9 Å². The van der Waals surface area contributed by atoms with Gasteiger partial charge in [0.2, 0.25) is 0 Å². The van der Waals surface area contributed by atoms with Gasteiger partial charge in [-0.25, -0.2) is 13.2 Å². The molecule has 0 saturated heterocycles. The maximum absolute atomic E-state index is 14.2. The monoisotopic (exact) mass is 413 g/mol. The predicted octanol–water partition coefficient (Wildman–Crippen LogP) is 4.80. The predicted molar refractivity (Wildman–Crippen MR) is 106 cm³/mol. The first-order valence-electron chi connectivity index (χ1n) is 9.12. The Morgan fingerprint density at radius 2 is 2.00 bits per heavy atom. The zero-order valence-corrected chi connectivity index (χ0v) is 16.2. The standard InChI is InChI=1S/C21H18F3N5O/c1-12-9-25-17(20(23)24)8-14(12)13-6-7-19(29-11-27-28-21(13)29)26-10-15-16(22)4-3-5-18(15)30-2/h3-9,11,20,26H,10H2,1-2H3. The second-order valence-corrected chi connectivity index (χ2v) is 6.66. The number of aryl methyl sites for hydroxylation is 1. The Kier molecular flexibility index (Phi) is 5.26. The molecule has 0 fully saturated rings. The normalized spacial score (nSPS) is 11.3. The van der Waals surface area contributed by atoms with Gasteiger partial charge in [-0.3, -0.25) is 9.38 Å². The molecule has 3 aromatic heterocycles. The Morgan fingerprint density at radius 1 is 1.17 bits per heavy atom. The molecular formula is C21H18F3N5O. The van der Waals surface area contributed by atoms with Crippen LogP contribution >= 0.6 is 0 Å². The lowest BCUT2D eigenvalue weighted by Gasteiger charge is -2.14. The van der Waals surface area contributed by atoms with Crippen LogP contribution in [0.1, 0.15) is 23.2 Å². The Labute approximate surface area is 170 Å². The van der Waals surface area contributed by atoms with Crippen LogP contribution in [0.25, 0.3) is 16.8 Å². The highest BCUT2D eigenvalue weighted by Crippen LogP contribution is 2.31. The summed E-state index contributed by atoms with van der Waals surface area (Å²) in [6.07, 6.45) is 0.250. The molecule has 1 N–H and O–H groups in total. The van der Waals surface area contributed by atoms with Crippen molar-refractivity contribution in [1.82, 2.24) is 19.6 Å². The Balaban J connectivity index is 1.72. The molecule has 0 aliphatic rings. The quantitative estimate of drug-likeness (QED) is 0.492. The third kappa shape index (κ3) is 3.54. The highest BCUT2D eigenvalue weighted by atomic mass is 19.3. The van der Waals surface area contributed by atoms with Gasteiger partial charge in [-0.05, 0) is 48.4 Å². The summed E-state index contributed by atoms with van der Waals surface area (Å²) in [6, 6.07) is 9.52. The number of halogens is 3. The third-order valence-corrected chi connectivity index (χ3v) is 4.84. The van der Waals surface area contributed by atoms with Gasteiger partial charge in [-0.15, -0.1) is 10.2 Å². The number of nitrogens with zero attached hydrogens (tertiary/aromatic N) is 4. The number of alkyl halides is 2. The van der Waals surface area contributed by atoms with E-state index in [1.165, 1.54) is 31.8 Å². The van der Waals surface area contributed by atoms with Gasteiger partial charge < -0.3 is 10.1 Å². The van der Waals surface area contributed by atoms with Crippen molar-refractivity contribution in [1.29, 1.82) is 0 Å². The molecule has 0 unspecified atom stereocenters. The molecule has 4 aromatic rings. The minimum atomic E-state index is -2.67. The Hall–Kier alpha value is -3.62. The molecule has 154 valence electrons. The van der Waals surface area contributed by atoms with Gasteiger partial charge in [-0.1, -0.05) is 6.07 Å². The van der Waals surface area contributed by atoms with E-state index in [4.69, 9.17) is 4.74 Å². The molecule has 0 bridgehead atoms. The van der Waals surface area contributed by atoms with E-state index < -0.39 is 6.43 Å². The largest absolute Gasteiger partial charge is 0.496 e. The number of methoxy groups -OCH3 is 1. The molecule has 0 aliphatic heterocycles. The van der Waals surface area contributed by atoms with Crippen LogP contribution in [0.15, 0.2) is 48.9 Å². The number of ether oxygens (including phenoxy) is 1. The average Bonchev–Trinajstić information content (AvgIpc) is 3.23. The van der Waals surface area contributed by atoms with E-state index in [0.717, 1.165) is 5.56 Å². The number of nitrogens with one attached hydrogen (secondary N) is 1. The summed E-state index contributed by atoms with van der Waals surface area (Å²) in [5.74, 6) is 0.668. The van der Waals surface area contributed by atoms with Crippen LogP contribution in [-0.2, 0) is 6.54 Å². The molecule has 0 aliphatic carbocycles. The van der Waals surface area contributed by atoms with Crippen molar-refractivity contribution in [2.24, 2.45) is 0 Å². The van der Waals surface area contributed by atoms with E-state index in [9.17, 15) is 13.2 Å². The summed E-state index contributed by atoms with van der Waals surface area (Å²) in [5.41, 5.74) is 2.54. The summed E-state index contributed by atoms with van der Waals surface area (Å²) in [5, 5.41) is 11.3. The van der Waals surface area contributed by atoms with E-state index in [0.29, 0.717) is 33.9 Å². The van der Waals surface area contributed by atoms with Crippen LogP contribution in [0.2, 0.25) is 0 Å². The molecule has 9 heteroatoms. The van der Waals surface area contributed by atoms with Crippen LogP contribution in [0.4, 0.5) is 19.0 Å². The average molecular weight is 413 g/mol. The zero-order chi connectivity index (χ0) is 21.3. The Bertz CT molecular complexity index is 1210. The van der Waals surface area contributed by atoms with Gasteiger partial charge in [0.05, 0.1) is 7.11 Å². The van der Waals surface area contributed by atoms with Crippen LogP contribution in [0.3, 0.4) is 0 Å². The minimum Gasteiger partial charge on any atom is -0.496 e. The zero-order valence-electron chi connectivity index (χ0n) is 16.2. The molecule has 0 atom stereocenters. The molecule has 0 radical (unpaired) electrons. The highest BCUT2D eigenvalue weighted by molar-refractivity contribution is 5.81. The van der Waals surface area contributed by atoms with Crippen LogP contribution < -0.4 is 10.1 Å². The first-order chi connectivity index (χ1) is 14.5. The molecule has 30 heavy (non-hydrogen) atoms. The fourth-order valence-corrected chi connectivity index (χ4v) is 3.30. The first kappa shape index (κ1) is 19.7. The lowest BCUT2D eigenvalue weighted by molar-refractivity contribution is 0.146. The number of rotatable bonds is 6. The highest BCUT2D eigenvalue weighted by Gasteiger charge is 2.16. The molecule has 0 spiro atoms. The molecule has 0 amide bonds. The van der Waals surface area contributed by atoms with Crippen molar-refractivity contribution in [3.8, 4) is 16.9 Å². The smallest absolute Gasteiger partial charge is 0.280 e. The van der Waals surface area contributed by atoms with Gasteiger partial charge in [0.1, 0.15) is 29.4 Å². The van der Waals surface area contributed by atoms with Crippen LogP contribution in [0.5, 0.6) is 5.75 Å². The van der Waals surface area contributed by atoms with Crippen molar-refractivity contribution in [3.05, 3.63) is 71.6 Å². The fourth-order valence-electron chi connectivity index (χ4n) is 3.30.